The van der Waals surface area contributed by atoms with Gasteiger partial charge in [0.1, 0.15) is 0 Å². The van der Waals surface area contributed by atoms with Crippen LogP contribution >= 0.6 is 0 Å². The Morgan fingerprint density at radius 2 is 1.21 bits per heavy atom. The van der Waals surface area contributed by atoms with E-state index >= 15 is 0 Å². The van der Waals surface area contributed by atoms with Gasteiger partial charge in [-0.2, -0.15) is 0 Å². The van der Waals surface area contributed by atoms with E-state index in [4.69, 9.17) is 0 Å². The molecule has 0 radical (unpaired) electrons. The molecule has 0 bridgehead atoms. The summed E-state index contributed by atoms with van der Waals surface area (Å²) in [7, 11) is 2.81. The van der Waals surface area contributed by atoms with Crippen molar-refractivity contribution < 1.29 is 28.5 Å². The minimum absolute atomic E-state index is 0.0219. The van der Waals surface area contributed by atoms with Gasteiger partial charge >= 0.3 is 11.9 Å². The number of rotatable bonds is 7. The van der Waals surface area contributed by atoms with Crippen LogP contribution in [0.3, 0.4) is 0 Å². The maximum absolute atomic E-state index is 10.8. The summed E-state index contributed by atoms with van der Waals surface area (Å²) in [5.41, 5.74) is 0. The van der Waals surface area contributed by atoms with Crippen LogP contribution in [0.1, 0.15) is 12.8 Å². The summed E-state index contributed by atoms with van der Waals surface area (Å²) in [6.07, 6.45) is -0.0438. The summed E-state index contributed by atoms with van der Waals surface area (Å²) in [5.74, 6) is -0.998. The molecule has 0 aliphatic heterocycles. The van der Waals surface area contributed by atoms with E-state index < -0.39 is 11.9 Å². The third-order valence-electron chi connectivity index (χ3n) is 1.21. The van der Waals surface area contributed by atoms with Crippen LogP contribution in [0.4, 0.5) is 0 Å². The summed E-state index contributed by atoms with van der Waals surface area (Å²) in [6, 6.07) is 0. The third kappa shape index (κ3) is 7.51. The SMILES string of the molecule is COCOC(=O)CCC(=O)OCOC. The molecule has 0 fully saturated rings. The molecule has 0 unspecified atom stereocenters. The Bertz CT molecular complexity index is 159. The molecule has 0 aromatic heterocycles. The van der Waals surface area contributed by atoms with E-state index in [1.807, 2.05) is 0 Å². The van der Waals surface area contributed by atoms with E-state index in [0.29, 0.717) is 0 Å². The molecule has 6 heteroatoms. The van der Waals surface area contributed by atoms with Crippen molar-refractivity contribution in [3.8, 4) is 0 Å². The van der Waals surface area contributed by atoms with Crippen LogP contribution in [0.2, 0.25) is 0 Å². The normalized spacial score (nSPS) is 9.57. The van der Waals surface area contributed by atoms with Gasteiger partial charge in [-0.15, -0.1) is 0 Å². The second-order valence-corrected chi connectivity index (χ2v) is 2.35. The molecule has 0 aromatic carbocycles. The Hall–Kier alpha value is -1.14. The minimum atomic E-state index is -0.499. The van der Waals surface area contributed by atoms with Gasteiger partial charge in [0.15, 0.2) is 13.6 Å². The number of hydrogen-bond acceptors (Lipinski definition) is 6. The average molecular weight is 206 g/mol. The lowest BCUT2D eigenvalue weighted by atomic mass is 10.3. The van der Waals surface area contributed by atoms with Crippen molar-refractivity contribution in [2.75, 3.05) is 27.8 Å². The topological polar surface area (TPSA) is 71.1 Å². The van der Waals surface area contributed by atoms with Crippen LogP contribution in [0.15, 0.2) is 0 Å². The minimum Gasteiger partial charge on any atom is -0.438 e. The maximum Gasteiger partial charge on any atom is 0.308 e. The third-order valence-corrected chi connectivity index (χ3v) is 1.21. The standard InChI is InChI=1S/C8H14O6/c1-11-5-13-7(9)3-4-8(10)14-6-12-2/h3-6H2,1-2H3. The molecular weight excluding hydrogens is 192 g/mol. The zero-order valence-corrected chi connectivity index (χ0v) is 8.28. The highest BCUT2D eigenvalue weighted by Crippen LogP contribution is 1.95. The van der Waals surface area contributed by atoms with Crippen LogP contribution < -0.4 is 0 Å². The fourth-order valence-electron chi connectivity index (χ4n) is 0.598. The van der Waals surface area contributed by atoms with Crippen molar-refractivity contribution in [3.05, 3.63) is 0 Å². The Kier molecular flexibility index (Phi) is 7.77. The van der Waals surface area contributed by atoms with E-state index in [1.165, 1.54) is 14.2 Å². The highest BCUT2D eigenvalue weighted by Gasteiger charge is 2.08. The lowest BCUT2D eigenvalue weighted by Gasteiger charge is -2.03. The first-order valence-electron chi connectivity index (χ1n) is 3.99. The number of carbonyl (C=O) groups excluding carboxylic acids is 2. The summed E-state index contributed by atoms with van der Waals surface area (Å²) in [6.45, 7) is -0.210. The predicted molar refractivity (Wildman–Crippen MR) is 45.2 cm³/mol. The Labute approximate surface area is 82.1 Å². The first-order valence-corrected chi connectivity index (χ1v) is 3.99. The fourth-order valence-corrected chi connectivity index (χ4v) is 0.598. The Morgan fingerprint density at radius 1 is 0.857 bits per heavy atom. The van der Waals surface area contributed by atoms with Crippen LogP contribution in [-0.4, -0.2) is 39.7 Å². The molecule has 82 valence electrons. The highest BCUT2D eigenvalue weighted by molar-refractivity contribution is 5.77. The quantitative estimate of drug-likeness (QED) is 0.433. The molecule has 6 nitrogen and oxygen atoms in total. The lowest BCUT2D eigenvalue weighted by Crippen LogP contribution is -2.12. The van der Waals surface area contributed by atoms with Crippen LogP contribution in [0.25, 0.3) is 0 Å². The summed E-state index contributed by atoms with van der Waals surface area (Å²) >= 11 is 0. The maximum atomic E-state index is 10.8. The van der Waals surface area contributed by atoms with Crippen LogP contribution in [0, 0.1) is 0 Å². The number of hydrogen-bond donors (Lipinski definition) is 0. The smallest absolute Gasteiger partial charge is 0.308 e. The van der Waals surface area contributed by atoms with Crippen molar-refractivity contribution in [2.24, 2.45) is 0 Å². The summed E-state index contributed by atoms with van der Waals surface area (Å²) in [4.78, 5) is 21.7. The lowest BCUT2D eigenvalue weighted by molar-refractivity contribution is -0.161. The molecule has 0 spiro atoms. The van der Waals surface area contributed by atoms with Crippen LogP contribution in [-0.2, 0) is 28.5 Å². The van der Waals surface area contributed by atoms with Crippen molar-refractivity contribution in [1.29, 1.82) is 0 Å². The van der Waals surface area contributed by atoms with E-state index in [9.17, 15) is 9.59 Å². The van der Waals surface area contributed by atoms with Gasteiger partial charge in [0, 0.05) is 14.2 Å². The second kappa shape index (κ2) is 8.46. The van der Waals surface area contributed by atoms with E-state index in [-0.39, 0.29) is 26.4 Å². The first kappa shape index (κ1) is 12.9. The van der Waals surface area contributed by atoms with Gasteiger partial charge in [0.2, 0.25) is 0 Å². The van der Waals surface area contributed by atoms with Gasteiger partial charge in [-0.1, -0.05) is 0 Å². The van der Waals surface area contributed by atoms with Gasteiger partial charge in [0.25, 0.3) is 0 Å². The van der Waals surface area contributed by atoms with Crippen molar-refractivity contribution in [1.82, 2.24) is 0 Å². The van der Waals surface area contributed by atoms with E-state index in [1.54, 1.807) is 0 Å². The zero-order chi connectivity index (χ0) is 10.8. The van der Waals surface area contributed by atoms with Crippen molar-refractivity contribution in [3.63, 3.8) is 0 Å². The predicted octanol–water partition coefficient (Wildman–Crippen LogP) is 0.0608. The zero-order valence-electron chi connectivity index (χ0n) is 8.28. The number of ether oxygens (including phenoxy) is 4. The fraction of sp³-hybridized carbons (Fsp3) is 0.750. The number of carbonyl (C=O) groups is 2. The number of esters is 2. The van der Waals surface area contributed by atoms with Gasteiger partial charge in [-0.3, -0.25) is 9.59 Å². The molecule has 0 heterocycles. The monoisotopic (exact) mass is 206 g/mol. The first-order chi connectivity index (χ1) is 6.70. The summed E-state index contributed by atoms with van der Waals surface area (Å²) in [5, 5.41) is 0. The molecule has 0 saturated heterocycles. The molecule has 0 amide bonds. The van der Waals surface area contributed by atoms with Gasteiger partial charge in [0.05, 0.1) is 12.8 Å². The molecule has 0 aliphatic carbocycles. The highest BCUT2D eigenvalue weighted by atomic mass is 16.7. The van der Waals surface area contributed by atoms with E-state index in [2.05, 4.69) is 18.9 Å². The Morgan fingerprint density at radius 3 is 1.50 bits per heavy atom. The molecule has 14 heavy (non-hydrogen) atoms. The van der Waals surface area contributed by atoms with E-state index in [0.717, 1.165) is 0 Å². The van der Waals surface area contributed by atoms with Gasteiger partial charge in [-0.25, -0.2) is 0 Å². The number of methoxy groups -OCH3 is 2. The van der Waals surface area contributed by atoms with Gasteiger partial charge < -0.3 is 18.9 Å². The van der Waals surface area contributed by atoms with Crippen molar-refractivity contribution >= 4 is 11.9 Å². The molecule has 0 aromatic rings. The largest absolute Gasteiger partial charge is 0.438 e. The molecule has 0 rings (SSSR count). The molecule has 0 saturated carbocycles. The second-order valence-electron chi connectivity index (χ2n) is 2.35. The average Bonchev–Trinajstić information content (AvgIpc) is 2.20. The summed E-state index contributed by atoms with van der Waals surface area (Å²) < 4.78 is 18.1. The molecular formula is C8H14O6. The molecule has 0 aliphatic rings. The van der Waals surface area contributed by atoms with Gasteiger partial charge in [-0.05, 0) is 0 Å². The Balaban J connectivity index is 3.41. The van der Waals surface area contributed by atoms with Crippen LogP contribution in [0.5, 0.6) is 0 Å². The molecule has 0 N–H and O–H groups in total. The van der Waals surface area contributed by atoms with Crippen molar-refractivity contribution in [2.45, 2.75) is 12.8 Å². The molecule has 0 atom stereocenters.